The third-order valence-corrected chi connectivity index (χ3v) is 7.45. The van der Waals surface area contributed by atoms with E-state index in [9.17, 15) is 28.8 Å². The van der Waals surface area contributed by atoms with Gasteiger partial charge in [0.1, 0.15) is 30.6 Å². The minimum atomic E-state index is -1.06. The molecule has 3 amide bonds. The highest BCUT2D eigenvalue weighted by molar-refractivity contribution is 5.85. The van der Waals surface area contributed by atoms with E-state index in [4.69, 9.17) is 35.2 Å². The first-order valence-corrected chi connectivity index (χ1v) is 15.7. The van der Waals surface area contributed by atoms with Crippen molar-refractivity contribution in [3.05, 3.63) is 35.4 Å². The van der Waals surface area contributed by atoms with Gasteiger partial charge in [0.2, 0.25) is 17.7 Å². The van der Waals surface area contributed by atoms with Gasteiger partial charge in [0.25, 0.3) is 0 Å². The molecule has 0 spiro atoms. The molecule has 0 aromatic heterocycles. The summed E-state index contributed by atoms with van der Waals surface area (Å²) in [4.78, 5) is 73.8. The molecule has 6 atom stereocenters. The standard InChI is InChI=1S/C32H49N5O11/c1-19(38)16-37(17-28(34)42)26(14-24-6-8-25(15-33)9-7-24)31(43)35-10-11-44-12-13-45-32-29(36-21(3)39)30(47-23(5)41)20(2)27(48-32)18-46-22(4)40/h6-9,20,26-27,29-30,32H,10-18,33H2,1-5H3,(H2,34,42)(H,35,43)(H,36,39). The van der Waals surface area contributed by atoms with E-state index in [1.54, 1.807) is 6.92 Å². The molecule has 0 bridgehead atoms. The van der Waals surface area contributed by atoms with E-state index in [2.05, 4.69) is 10.6 Å². The maximum Gasteiger partial charge on any atom is 0.302 e. The van der Waals surface area contributed by atoms with Gasteiger partial charge in [0, 0.05) is 39.8 Å². The summed E-state index contributed by atoms with van der Waals surface area (Å²) in [7, 11) is 0. The highest BCUT2D eigenvalue weighted by atomic mass is 16.7. The lowest BCUT2D eigenvalue weighted by atomic mass is 9.89. The zero-order valence-electron chi connectivity index (χ0n) is 28.2. The second-order valence-corrected chi connectivity index (χ2v) is 11.6. The molecule has 6 unspecified atom stereocenters. The van der Waals surface area contributed by atoms with Crippen LogP contribution < -0.4 is 22.1 Å². The van der Waals surface area contributed by atoms with Crippen molar-refractivity contribution in [1.82, 2.24) is 15.5 Å². The Morgan fingerprint density at radius 3 is 2.17 bits per heavy atom. The summed E-state index contributed by atoms with van der Waals surface area (Å²) >= 11 is 0. The fraction of sp³-hybridized carbons (Fsp3) is 0.625. The Hall–Kier alpha value is -3.96. The molecule has 1 aromatic rings. The number of benzene rings is 1. The van der Waals surface area contributed by atoms with Crippen LogP contribution in [0.5, 0.6) is 0 Å². The van der Waals surface area contributed by atoms with Crippen molar-refractivity contribution in [3.8, 4) is 0 Å². The zero-order valence-corrected chi connectivity index (χ0v) is 28.2. The number of nitrogens with one attached hydrogen (secondary N) is 2. The zero-order chi connectivity index (χ0) is 35.8. The first-order valence-electron chi connectivity index (χ1n) is 15.7. The predicted octanol–water partition coefficient (Wildman–Crippen LogP) is -1.06. The van der Waals surface area contributed by atoms with Crippen LogP contribution in [0.25, 0.3) is 0 Å². The van der Waals surface area contributed by atoms with E-state index < -0.39 is 66.2 Å². The SMILES string of the molecule is CC(=O)CN(CC(N)=O)C(Cc1ccc(CN)cc1)C(=O)NCCOCCOC1OC(COC(C)=O)C(C)C(OC(C)=O)C1NC(C)=O. The van der Waals surface area contributed by atoms with E-state index >= 15 is 0 Å². The monoisotopic (exact) mass is 679 g/mol. The lowest BCUT2D eigenvalue weighted by molar-refractivity contribution is -0.261. The van der Waals surface area contributed by atoms with Gasteiger partial charge in [-0.05, 0) is 24.5 Å². The summed E-state index contributed by atoms with van der Waals surface area (Å²) in [6.07, 6.45) is -2.36. The van der Waals surface area contributed by atoms with E-state index in [-0.39, 0.29) is 58.3 Å². The van der Waals surface area contributed by atoms with Crippen LogP contribution in [-0.2, 0) is 65.4 Å². The largest absolute Gasteiger partial charge is 0.463 e. The number of hydrogen-bond acceptors (Lipinski definition) is 13. The number of nitrogens with two attached hydrogens (primary N) is 2. The Bertz CT molecular complexity index is 1230. The Morgan fingerprint density at radius 2 is 1.60 bits per heavy atom. The second-order valence-electron chi connectivity index (χ2n) is 11.6. The van der Waals surface area contributed by atoms with Gasteiger partial charge >= 0.3 is 11.9 Å². The van der Waals surface area contributed by atoms with Gasteiger partial charge in [-0.15, -0.1) is 0 Å². The molecule has 2 rings (SSSR count). The van der Waals surface area contributed by atoms with Gasteiger partial charge < -0.3 is 45.8 Å². The first kappa shape index (κ1) is 40.2. The first-order chi connectivity index (χ1) is 22.7. The van der Waals surface area contributed by atoms with Crippen LogP contribution in [0, 0.1) is 5.92 Å². The summed E-state index contributed by atoms with van der Waals surface area (Å²) in [5.74, 6) is -3.24. The summed E-state index contributed by atoms with van der Waals surface area (Å²) in [6.45, 7) is 7.03. The van der Waals surface area contributed by atoms with E-state index in [0.29, 0.717) is 6.54 Å². The molecule has 16 nitrogen and oxygen atoms in total. The number of nitrogens with zero attached hydrogens (tertiary/aromatic N) is 1. The van der Waals surface area contributed by atoms with Crippen LogP contribution in [-0.4, -0.2) is 117 Å². The lowest BCUT2D eigenvalue weighted by Crippen LogP contribution is -2.63. The highest BCUT2D eigenvalue weighted by Gasteiger charge is 2.47. The number of ketones is 1. The van der Waals surface area contributed by atoms with Crippen molar-refractivity contribution in [3.63, 3.8) is 0 Å². The quantitative estimate of drug-likeness (QED) is 0.0953. The van der Waals surface area contributed by atoms with E-state index in [1.807, 2.05) is 24.3 Å². The van der Waals surface area contributed by atoms with Crippen LogP contribution in [0.1, 0.15) is 45.7 Å². The predicted molar refractivity (Wildman–Crippen MR) is 171 cm³/mol. The average molecular weight is 680 g/mol. The summed E-state index contributed by atoms with van der Waals surface area (Å²) in [5.41, 5.74) is 12.8. The number of esters is 2. The fourth-order valence-electron chi connectivity index (χ4n) is 5.24. The van der Waals surface area contributed by atoms with Gasteiger partial charge in [0.15, 0.2) is 6.29 Å². The molecule has 6 N–H and O–H groups in total. The summed E-state index contributed by atoms with van der Waals surface area (Å²) in [5, 5.41) is 5.51. The van der Waals surface area contributed by atoms with Crippen LogP contribution in [0.4, 0.5) is 0 Å². The molecule has 268 valence electrons. The molecule has 1 heterocycles. The topological polar surface area (TPSA) is 228 Å². The molecule has 16 heteroatoms. The Morgan fingerprint density at radius 1 is 0.938 bits per heavy atom. The molecule has 0 aliphatic carbocycles. The minimum Gasteiger partial charge on any atom is -0.463 e. The molecular formula is C32H49N5O11. The Balaban J connectivity index is 1.99. The third-order valence-electron chi connectivity index (χ3n) is 7.45. The fourth-order valence-corrected chi connectivity index (χ4v) is 5.24. The van der Waals surface area contributed by atoms with Gasteiger partial charge in [-0.1, -0.05) is 31.2 Å². The van der Waals surface area contributed by atoms with Crippen molar-refractivity contribution in [1.29, 1.82) is 0 Å². The highest BCUT2D eigenvalue weighted by Crippen LogP contribution is 2.29. The summed E-state index contributed by atoms with van der Waals surface area (Å²) < 4.78 is 28.2. The van der Waals surface area contributed by atoms with Crippen LogP contribution in [0.15, 0.2) is 24.3 Å². The Kier molecular flexibility index (Phi) is 17.1. The molecule has 1 saturated heterocycles. The molecular weight excluding hydrogens is 630 g/mol. The third kappa shape index (κ3) is 14.0. The number of carbonyl (C=O) groups is 6. The van der Waals surface area contributed by atoms with E-state index in [1.165, 1.54) is 32.6 Å². The number of carbonyl (C=O) groups excluding carboxylic acids is 6. The van der Waals surface area contributed by atoms with Crippen LogP contribution in [0.2, 0.25) is 0 Å². The number of ether oxygens (including phenoxy) is 5. The van der Waals surface area contributed by atoms with Gasteiger partial charge in [-0.3, -0.25) is 33.7 Å². The molecule has 0 saturated carbocycles. The lowest BCUT2D eigenvalue weighted by Gasteiger charge is -2.44. The van der Waals surface area contributed by atoms with Gasteiger partial charge in [-0.25, -0.2) is 0 Å². The smallest absolute Gasteiger partial charge is 0.302 e. The second kappa shape index (κ2) is 20.4. The molecule has 1 aromatic carbocycles. The van der Waals surface area contributed by atoms with Gasteiger partial charge in [-0.2, -0.15) is 0 Å². The molecule has 1 fully saturated rings. The number of rotatable bonds is 20. The van der Waals surface area contributed by atoms with Crippen molar-refractivity contribution in [2.24, 2.45) is 17.4 Å². The van der Waals surface area contributed by atoms with Crippen molar-refractivity contribution < 1.29 is 52.5 Å². The average Bonchev–Trinajstić information content (AvgIpc) is 3.00. The van der Waals surface area contributed by atoms with Crippen molar-refractivity contribution in [2.45, 2.75) is 78.2 Å². The normalized spacial score (nSPS) is 21.2. The number of amides is 3. The van der Waals surface area contributed by atoms with Gasteiger partial charge in [0.05, 0.1) is 39.0 Å². The molecule has 1 aliphatic rings. The molecule has 0 radical (unpaired) electrons. The number of Topliss-reactive ketones (excluding diaryl/α,β-unsaturated/α-hetero) is 1. The molecule has 1 aliphatic heterocycles. The Labute approximate surface area is 280 Å². The maximum atomic E-state index is 13.3. The number of hydrogen-bond donors (Lipinski definition) is 4. The van der Waals surface area contributed by atoms with Crippen LogP contribution >= 0.6 is 0 Å². The van der Waals surface area contributed by atoms with Crippen molar-refractivity contribution in [2.75, 3.05) is 46.1 Å². The molecule has 48 heavy (non-hydrogen) atoms. The van der Waals surface area contributed by atoms with Crippen molar-refractivity contribution >= 4 is 35.4 Å². The van der Waals surface area contributed by atoms with Crippen LogP contribution in [0.3, 0.4) is 0 Å². The maximum absolute atomic E-state index is 13.3. The van der Waals surface area contributed by atoms with E-state index in [0.717, 1.165) is 11.1 Å². The number of primary amides is 1. The summed E-state index contributed by atoms with van der Waals surface area (Å²) in [6, 6.07) is 5.64. The minimum absolute atomic E-state index is 0.00256.